The van der Waals surface area contributed by atoms with Crippen LogP contribution in [-0.4, -0.2) is 24.2 Å². The molecular formula is C8H12BrNO2. The van der Waals surface area contributed by atoms with Gasteiger partial charge in [-0.25, -0.2) is 4.79 Å². The van der Waals surface area contributed by atoms with Gasteiger partial charge in [-0.3, -0.25) is 0 Å². The fourth-order valence-electron chi connectivity index (χ4n) is 0.520. The van der Waals surface area contributed by atoms with Gasteiger partial charge in [0.2, 0.25) is 0 Å². The van der Waals surface area contributed by atoms with Crippen molar-refractivity contribution >= 4 is 21.9 Å². The first kappa shape index (κ1) is 11.4. The summed E-state index contributed by atoms with van der Waals surface area (Å²) in [5.41, 5.74) is 0.350. The molecule has 0 rings (SSSR count). The van der Waals surface area contributed by atoms with Crippen molar-refractivity contribution in [2.45, 2.75) is 6.92 Å². The van der Waals surface area contributed by atoms with Crippen molar-refractivity contribution in [3.8, 4) is 0 Å². The van der Waals surface area contributed by atoms with Crippen LogP contribution in [0.4, 0.5) is 0 Å². The molecule has 3 nitrogen and oxygen atoms in total. The SMILES string of the molecule is C=C(Br)CNCC=C(C)C(=O)O. The highest BCUT2D eigenvalue weighted by molar-refractivity contribution is 9.11. The standard InChI is InChI=1S/C8H12BrNO2/c1-6(8(11)12)3-4-10-5-7(2)9/h3,10H,2,4-5H2,1H3,(H,11,12). The molecule has 0 bridgehead atoms. The van der Waals surface area contributed by atoms with Crippen molar-refractivity contribution < 1.29 is 9.90 Å². The second kappa shape index (κ2) is 5.97. The molecule has 68 valence electrons. The smallest absolute Gasteiger partial charge is 0.330 e. The van der Waals surface area contributed by atoms with Crippen molar-refractivity contribution in [2.75, 3.05) is 13.1 Å². The Bertz CT molecular complexity index is 211. The largest absolute Gasteiger partial charge is 0.478 e. The van der Waals surface area contributed by atoms with Crippen molar-refractivity contribution in [2.24, 2.45) is 0 Å². The van der Waals surface area contributed by atoms with Gasteiger partial charge in [0.05, 0.1) is 0 Å². The van der Waals surface area contributed by atoms with E-state index in [1.807, 2.05) is 0 Å². The molecule has 0 aliphatic heterocycles. The Balaban J connectivity index is 3.60. The van der Waals surface area contributed by atoms with Gasteiger partial charge in [-0.05, 0) is 6.92 Å². The summed E-state index contributed by atoms with van der Waals surface area (Å²) in [6.07, 6.45) is 1.62. The molecule has 0 unspecified atom stereocenters. The topological polar surface area (TPSA) is 49.3 Å². The third-order valence-corrected chi connectivity index (χ3v) is 1.49. The molecule has 12 heavy (non-hydrogen) atoms. The Morgan fingerprint density at radius 1 is 1.75 bits per heavy atom. The van der Waals surface area contributed by atoms with E-state index in [0.29, 0.717) is 18.7 Å². The molecular weight excluding hydrogens is 222 g/mol. The maximum absolute atomic E-state index is 10.3. The number of halogens is 1. The highest BCUT2D eigenvalue weighted by Gasteiger charge is 1.97. The molecule has 4 heteroatoms. The Morgan fingerprint density at radius 3 is 2.75 bits per heavy atom. The molecule has 0 amide bonds. The monoisotopic (exact) mass is 233 g/mol. The average molecular weight is 234 g/mol. The molecule has 0 aromatic heterocycles. The van der Waals surface area contributed by atoms with E-state index in [4.69, 9.17) is 5.11 Å². The first-order chi connectivity index (χ1) is 5.54. The molecule has 0 saturated heterocycles. The third kappa shape index (κ3) is 6.12. The van der Waals surface area contributed by atoms with Crippen LogP contribution in [0.15, 0.2) is 22.7 Å². The van der Waals surface area contributed by atoms with Gasteiger partial charge in [0.25, 0.3) is 0 Å². The summed E-state index contributed by atoms with van der Waals surface area (Å²) in [4.78, 5) is 10.3. The van der Waals surface area contributed by atoms with Gasteiger partial charge in [-0.1, -0.05) is 28.6 Å². The van der Waals surface area contributed by atoms with E-state index in [1.54, 1.807) is 13.0 Å². The van der Waals surface area contributed by atoms with Crippen LogP contribution in [0, 0.1) is 0 Å². The van der Waals surface area contributed by atoms with E-state index < -0.39 is 5.97 Å². The molecule has 0 fully saturated rings. The number of carboxylic acid groups (broad SMARTS) is 1. The number of rotatable bonds is 5. The predicted molar refractivity (Wildman–Crippen MR) is 52.3 cm³/mol. The first-order valence-electron chi connectivity index (χ1n) is 3.48. The predicted octanol–water partition coefficient (Wildman–Crippen LogP) is 1.52. The van der Waals surface area contributed by atoms with Crippen LogP contribution in [0.1, 0.15) is 6.92 Å². The lowest BCUT2D eigenvalue weighted by molar-refractivity contribution is -0.132. The normalized spacial score (nSPS) is 11.3. The summed E-state index contributed by atoms with van der Waals surface area (Å²) >= 11 is 3.18. The second-order valence-electron chi connectivity index (χ2n) is 2.34. The van der Waals surface area contributed by atoms with Gasteiger partial charge in [0, 0.05) is 23.1 Å². The van der Waals surface area contributed by atoms with Crippen LogP contribution in [0.5, 0.6) is 0 Å². The maximum Gasteiger partial charge on any atom is 0.330 e. The molecule has 0 aliphatic carbocycles. The van der Waals surface area contributed by atoms with E-state index in [0.717, 1.165) is 4.48 Å². The Hall–Kier alpha value is -0.610. The van der Waals surface area contributed by atoms with E-state index in [2.05, 4.69) is 27.8 Å². The molecule has 0 atom stereocenters. The van der Waals surface area contributed by atoms with Crippen LogP contribution in [0.25, 0.3) is 0 Å². The number of hydrogen-bond acceptors (Lipinski definition) is 2. The minimum absolute atomic E-state index is 0.350. The van der Waals surface area contributed by atoms with Crippen LogP contribution >= 0.6 is 15.9 Å². The van der Waals surface area contributed by atoms with Crippen molar-refractivity contribution in [3.63, 3.8) is 0 Å². The van der Waals surface area contributed by atoms with Gasteiger partial charge >= 0.3 is 5.97 Å². The van der Waals surface area contributed by atoms with Gasteiger partial charge in [-0.2, -0.15) is 0 Å². The maximum atomic E-state index is 10.3. The fraction of sp³-hybridized carbons (Fsp3) is 0.375. The van der Waals surface area contributed by atoms with Crippen molar-refractivity contribution in [1.29, 1.82) is 0 Å². The van der Waals surface area contributed by atoms with Crippen molar-refractivity contribution in [3.05, 3.63) is 22.7 Å². The summed E-state index contributed by atoms with van der Waals surface area (Å²) in [5.74, 6) is -0.880. The molecule has 0 radical (unpaired) electrons. The zero-order valence-electron chi connectivity index (χ0n) is 6.93. The van der Waals surface area contributed by atoms with Gasteiger partial charge in [0.1, 0.15) is 0 Å². The summed E-state index contributed by atoms with van der Waals surface area (Å²) in [7, 11) is 0. The van der Waals surface area contributed by atoms with E-state index in [-0.39, 0.29) is 0 Å². The Morgan fingerprint density at radius 2 is 2.33 bits per heavy atom. The lowest BCUT2D eigenvalue weighted by atomic mass is 10.3. The molecule has 0 saturated carbocycles. The molecule has 0 aromatic rings. The summed E-state index contributed by atoms with van der Waals surface area (Å²) < 4.78 is 0.851. The molecule has 2 N–H and O–H groups in total. The average Bonchev–Trinajstić information content (AvgIpc) is 1.97. The number of nitrogens with one attached hydrogen (secondary N) is 1. The quantitative estimate of drug-likeness (QED) is 0.560. The minimum Gasteiger partial charge on any atom is -0.478 e. The fourth-order valence-corrected chi connectivity index (χ4v) is 0.719. The molecule has 0 spiro atoms. The van der Waals surface area contributed by atoms with Gasteiger partial charge < -0.3 is 10.4 Å². The highest BCUT2D eigenvalue weighted by atomic mass is 79.9. The molecule has 0 heterocycles. The zero-order chi connectivity index (χ0) is 9.56. The minimum atomic E-state index is -0.880. The van der Waals surface area contributed by atoms with Crippen LogP contribution in [-0.2, 0) is 4.79 Å². The Kier molecular flexibility index (Phi) is 5.66. The highest BCUT2D eigenvalue weighted by Crippen LogP contribution is 1.96. The number of aliphatic carboxylic acids is 1. The van der Waals surface area contributed by atoms with Gasteiger partial charge in [-0.15, -0.1) is 0 Å². The number of carboxylic acids is 1. The second-order valence-corrected chi connectivity index (χ2v) is 3.46. The molecule has 0 aliphatic rings. The van der Waals surface area contributed by atoms with Gasteiger partial charge in [0.15, 0.2) is 0 Å². The summed E-state index contributed by atoms with van der Waals surface area (Å²) in [6.45, 7) is 6.37. The summed E-state index contributed by atoms with van der Waals surface area (Å²) in [5, 5.41) is 11.5. The van der Waals surface area contributed by atoms with E-state index in [9.17, 15) is 4.79 Å². The number of hydrogen-bond donors (Lipinski definition) is 2. The van der Waals surface area contributed by atoms with E-state index >= 15 is 0 Å². The zero-order valence-corrected chi connectivity index (χ0v) is 8.52. The Labute approximate surface area is 80.3 Å². The van der Waals surface area contributed by atoms with E-state index in [1.165, 1.54) is 0 Å². The lowest BCUT2D eigenvalue weighted by Gasteiger charge is -1.98. The number of carbonyl (C=O) groups is 1. The first-order valence-corrected chi connectivity index (χ1v) is 4.27. The molecule has 0 aromatic carbocycles. The van der Waals surface area contributed by atoms with Crippen LogP contribution in [0.3, 0.4) is 0 Å². The lowest BCUT2D eigenvalue weighted by Crippen LogP contribution is -2.15. The van der Waals surface area contributed by atoms with Crippen molar-refractivity contribution in [1.82, 2.24) is 5.32 Å². The summed E-state index contributed by atoms with van der Waals surface area (Å²) in [6, 6.07) is 0. The third-order valence-electron chi connectivity index (χ3n) is 1.21. The van der Waals surface area contributed by atoms with Crippen LogP contribution in [0.2, 0.25) is 0 Å². The van der Waals surface area contributed by atoms with Crippen LogP contribution < -0.4 is 5.32 Å².